The highest BCUT2D eigenvalue weighted by molar-refractivity contribution is 7.98. The van der Waals surface area contributed by atoms with Gasteiger partial charge in [-0.2, -0.15) is 0 Å². The molecule has 0 aliphatic carbocycles. The Balaban J connectivity index is 2.19. The molecule has 24 heavy (non-hydrogen) atoms. The lowest BCUT2D eigenvalue weighted by Gasteiger charge is -2.32. The minimum absolute atomic E-state index is 0.414. The predicted octanol–water partition coefficient (Wildman–Crippen LogP) is 4.89. The smallest absolute Gasteiger partial charge is 0.413 e. The van der Waals surface area contributed by atoms with Crippen LogP contribution in [0.4, 0.5) is 16.3 Å². The van der Waals surface area contributed by atoms with Crippen LogP contribution >= 0.6 is 23.4 Å². The van der Waals surface area contributed by atoms with Gasteiger partial charge in [-0.25, -0.2) is 9.78 Å². The first-order chi connectivity index (χ1) is 11.2. The fourth-order valence-corrected chi connectivity index (χ4v) is 3.29. The third kappa shape index (κ3) is 4.55. The van der Waals surface area contributed by atoms with Gasteiger partial charge < -0.3 is 10.8 Å². The zero-order chi connectivity index (χ0) is 17.9. The molecular formula is C17H20ClN3O2S. The van der Waals surface area contributed by atoms with Crippen molar-refractivity contribution in [2.75, 3.05) is 10.6 Å². The average Bonchev–Trinajstić information content (AvgIpc) is 2.45. The summed E-state index contributed by atoms with van der Waals surface area (Å²) in [6.07, 6.45) is 0.597. The number of aromatic nitrogens is 1. The number of benzene rings is 1. The topological polar surface area (TPSA) is 79.5 Å². The molecule has 1 amide bonds. The molecule has 2 rings (SSSR count). The number of nitrogens with zero attached hydrogens (tertiary/aromatic N) is 2. The summed E-state index contributed by atoms with van der Waals surface area (Å²) in [5.41, 5.74) is 6.97. The van der Waals surface area contributed by atoms with Gasteiger partial charge in [-0.15, -0.1) is 11.8 Å². The van der Waals surface area contributed by atoms with Gasteiger partial charge in [0.15, 0.2) is 0 Å². The van der Waals surface area contributed by atoms with Crippen molar-refractivity contribution in [3.63, 3.8) is 0 Å². The second-order valence-electron chi connectivity index (χ2n) is 6.28. The molecule has 0 spiro atoms. The van der Waals surface area contributed by atoms with Gasteiger partial charge in [-0.1, -0.05) is 11.6 Å². The van der Waals surface area contributed by atoms with Crippen molar-refractivity contribution in [3.05, 3.63) is 47.1 Å². The van der Waals surface area contributed by atoms with Gasteiger partial charge in [0.1, 0.15) is 5.82 Å². The van der Waals surface area contributed by atoms with E-state index in [2.05, 4.69) is 4.98 Å². The van der Waals surface area contributed by atoms with Crippen LogP contribution in [0.2, 0.25) is 5.02 Å². The van der Waals surface area contributed by atoms with Crippen LogP contribution in [0, 0.1) is 0 Å². The molecule has 128 valence electrons. The summed E-state index contributed by atoms with van der Waals surface area (Å²) in [4.78, 5) is 18.0. The molecule has 0 unspecified atom stereocenters. The van der Waals surface area contributed by atoms with Gasteiger partial charge in [0.2, 0.25) is 0 Å². The molecule has 1 heterocycles. The minimum atomic E-state index is -1.03. The fraction of sp³-hybridized carbons (Fsp3) is 0.294. The number of carbonyl (C=O) groups is 1. The molecule has 0 fully saturated rings. The molecule has 2 aromatic rings. The van der Waals surface area contributed by atoms with Crippen LogP contribution in [0.5, 0.6) is 0 Å². The maximum Gasteiger partial charge on any atom is 0.413 e. The maximum atomic E-state index is 11.6. The summed E-state index contributed by atoms with van der Waals surface area (Å²) in [6.45, 7) is 5.50. The van der Waals surface area contributed by atoms with E-state index < -0.39 is 11.6 Å². The Morgan fingerprint density at radius 2 is 2.04 bits per heavy atom. The quantitative estimate of drug-likeness (QED) is 0.595. The van der Waals surface area contributed by atoms with Gasteiger partial charge >= 0.3 is 6.09 Å². The van der Waals surface area contributed by atoms with Gasteiger partial charge in [-0.3, -0.25) is 4.90 Å². The number of thioether (sulfide) groups is 1. The number of nitrogens with two attached hydrogens (primary N) is 1. The molecule has 0 saturated carbocycles. The van der Waals surface area contributed by atoms with E-state index in [0.29, 0.717) is 22.3 Å². The normalized spacial score (nSPS) is 11.3. The molecule has 1 aromatic carbocycles. The number of anilines is 2. The zero-order valence-electron chi connectivity index (χ0n) is 13.8. The van der Waals surface area contributed by atoms with E-state index in [1.807, 2.05) is 32.9 Å². The number of carboxylic acid groups (broad SMARTS) is 1. The lowest BCUT2D eigenvalue weighted by Crippen LogP contribution is -2.45. The summed E-state index contributed by atoms with van der Waals surface area (Å²) in [5.74, 6) is 1.07. The fourth-order valence-electron chi connectivity index (χ4n) is 2.21. The van der Waals surface area contributed by atoms with Crippen LogP contribution in [0.1, 0.15) is 26.3 Å². The van der Waals surface area contributed by atoms with Crippen LogP contribution in [0.25, 0.3) is 0 Å². The van der Waals surface area contributed by atoms with Crippen LogP contribution in [-0.4, -0.2) is 21.7 Å². The van der Waals surface area contributed by atoms with Gasteiger partial charge in [0.25, 0.3) is 0 Å². The maximum absolute atomic E-state index is 11.6. The van der Waals surface area contributed by atoms with Crippen molar-refractivity contribution in [1.82, 2.24) is 4.98 Å². The third-order valence-corrected chi connectivity index (χ3v) is 4.66. The zero-order valence-corrected chi connectivity index (χ0v) is 15.4. The van der Waals surface area contributed by atoms with Crippen LogP contribution < -0.4 is 10.6 Å². The first kappa shape index (κ1) is 18.4. The summed E-state index contributed by atoms with van der Waals surface area (Å²) >= 11 is 7.47. The third-order valence-electron chi connectivity index (χ3n) is 3.27. The molecule has 0 saturated heterocycles. The van der Waals surface area contributed by atoms with Crippen LogP contribution in [0.15, 0.2) is 41.4 Å². The molecule has 7 heteroatoms. The average molecular weight is 366 g/mol. The molecule has 0 aliphatic heterocycles. The lowest BCUT2D eigenvalue weighted by molar-refractivity contribution is 0.195. The molecule has 5 nitrogen and oxygen atoms in total. The largest absolute Gasteiger partial charge is 0.465 e. The predicted molar refractivity (Wildman–Crippen MR) is 99.9 cm³/mol. The van der Waals surface area contributed by atoms with E-state index in [4.69, 9.17) is 17.3 Å². The van der Waals surface area contributed by atoms with E-state index in [1.54, 1.807) is 36.2 Å². The van der Waals surface area contributed by atoms with Crippen LogP contribution in [0.3, 0.4) is 0 Å². The second kappa shape index (κ2) is 7.32. The molecular weight excluding hydrogens is 346 g/mol. The summed E-state index contributed by atoms with van der Waals surface area (Å²) in [6, 6.07) is 9.05. The highest BCUT2D eigenvalue weighted by Gasteiger charge is 2.28. The minimum Gasteiger partial charge on any atom is -0.465 e. The Morgan fingerprint density at radius 1 is 1.33 bits per heavy atom. The first-order valence-corrected chi connectivity index (χ1v) is 8.71. The number of halogens is 1. The Hall–Kier alpha value is -1.92. The van der Waals surface area contributed by atoms with Crippen molar-refractivity contribution >= 4 is 41.0 Å². The monoisotopic (exact) mass is 365 g/mol. The van der Waals surface area contributed by atoms with Gasteiger partial charge in [0, 0.05) is 33.1 Å². The van der Waals surface area contributed by atoms with Gasteiger partial charge in [0.05, 0.1) is 0 Å². The molecule has 0 bridgehead atoms. The molecule has 1 aromatic heterocycles. The Kier molecular flexibility index (Phi) is 5.62. The summed E-state index contributed by atoms with van der Waals surface area (Å²) in [7, 11) is 0. The van der Waals surface area contributed by atoms with Crippen molar-refractivity contribution < 1.29 is 9.90 Å². The molecule has 3 N–H and O–H groups in total. The van der Waals surface area contributed by atoms with Crippen molar-refractivity contribution in [2.24, 2.45) is 0 Å². The van der Waals surface area contributed by atoms with E-state index >= 15 is 0 Å². The molecule has 0 radical (unpaired) electrons. The van der Waals surface area contributed by atoms with Crippen LogP contribution in [-0.2, 0) is 5.75 Å². The number of amides is 1. The summed E-state index contributed by atoms with van der Waals surface area (Å²) < 4.78 is 0. The molecule has 0 aliphatic rings. The van der Waals surface area contributed by atoms with E-state index in [-0.39, 0.29) is 0 Å². The highest BCUT2D eigenvalue weighted by atomic mass is 35.5. The van der Waals surface area contributed by atoms with E-state index in [9.17, 15) is 9.90 Å². The van der Waals surface area contributed by atoms with Crippen molar-refractivity contribution in [2.45, 2.75) is 37.0 Å². The summed E-state index contributed by atoms with van der Waals surface area (Å²) in [5, 5.41) is 10.1. The van der Waals surface area contributed by atoms with E-state index in [0.717, 1.165) is 10.5 Å². The first-order valence-electron chi connectivity index (χ1n) is 7.34. The number of nitrogen functional groups attached to an aromatic ring is 1. The molecule has 0 atom stereocenters. The Bertz CT molecular complexity index is 747. The van der Waals surface area contributed by atoms with Crippen molar-refractivity contribution in [3.8, 4) is 0 Å². The van der Waals surface area contributed by atoms with Gasteiger partial charge in [-0.05, 0) is 56.7 Å². The number of hydrogen-bond acceptors (Lipinski definition) is 4. The number of hydrogen-bond donors (Lipinski definition) is 2. The Labute approximate surface area is 150 Å². The van der Waals surface area contributed by atoms with E-state index in [1.165, 1.54) is 4.90 Å². The SMILES string of the molecule is CC(C)(C)N(C(=O)O)c1cc(CSc2ccc(Cl)cc2N)ccn1. The number of pyridine rings is 1. The lowest BCUT2D eigenvalue weighted by atomic mass is 10.1. The number of rotatable bonds is 4. The standard InChI is InChI=1S/C17H20ClN3O2S/c1-17(2,3)21(16(22)23)15-8-11(6-7-20-15)10-24-14-5-4-12(18)9-13(14)19/h4-9H,10,19H2,1-3H3,(H,22,23). The Morgan fingerprint density at radius 3 is 2.62 bits per heavy atom. The van der Waals surface area contributed by atoms with Crippen molar-refractivity contribution in [1.29, 1.82) is 0 Å². The second-order valence-corrected chi connectivity index (χ2v) is 7.74. The highest BCUT2D eigenvalue weighted by Crippen LogP contribution is 2.31.